The Bertz CT molecular complexity index is 496. The third-order valence-electron chi connectivity index (χ3n) is 3.30. The van der Waals surface area contributed by atoms with Gasteiger partial charge in [-0.1, -0.05) is 37.3 Å². The molecule has 2 N–H and O–H groups in total. The first-order chi connectivity index (χ1) is 9.79. The quantitative estimate of drug-likeness (QED) is 0.745. The number of halogens is 1. The molecule has 2 rings (SSSR count). The molecular weight excluding hydrogens is 251 g/mol. The minimum Gasteiger partial charge on any atom is -0.384 e. The second-order valence-electron chi connectivity index (χ2n) is 4.76. The highest BCUT2D eigenvalue weighted by Crippen LogP contribution is 2.15. The predicted molar refractivity (Wildman–Crippen MR) is 82.4 cm³/mol. The first-order valence-electron chi connectivity index (χ1n) is 7.07. The van der Waals surface area contributed by atoms with Crippen molar-refractivity contribution in [3.63, 3.8) is 0 Å². The molecule has 0 radical (unpaired) electrons. The van der Waals surface area contributed by atoms with Crippen LogP contribution in [0.4, 0.5) is 10.1 Å². The van der Waals surface area contributed by atoms with Crippen molar-refractivity contribution < 1.29 is 4.39 Å². The van der Waals surface area contributed by atoms with Gasteiger partial charge in [0, 0.05) is 24.8 Å². The minimum absolute atomic E-state index is 0.205. The summed E-state index contributed by atoms with van der Waals surface area (Å²) in [5.74, 6) is -0.205. The number of hydrogen-bond donors (Lipinski definition) is 2. The topological polar surface area (TPSA) is 24.1 Å². The molecule has 2 aromatic rings. The normalized spacial score (nSPS) is 12.1. The monoisotopic (exact) mass is 272 g/mol. The van der Waals surface area contributed by atoms with Crippen LogP contribution in [0.3, 0.4) is 0 Å². The van der Waals surface area contributed by atoms with E-state index in [0.29, 0.717) is 6.04 Å². The Morgan fingerprint density at radius 3 is 2.30 bits per heavy atom. The van der Waals surface area contributed by atoms with E-state index in [-0.39, 0.29) is 5.82 Å². The molecular formula is C17H21FN2. The summed E-state index contributed by atoms with van der Waals surface area (Å²) in [4.78, 5) is 0. The minimum atomic E-state index is -0.205. The number of benzene rings is 2. The molecule has 0 spiro atoms. The molecule has 106 valence electrons. The van der Waals surface area contributed by atoms with Crippen molar-refractivity contribution in [3.05, 3.63) is 66.0 Å². The van der Waals surface area contributed by atoms with E-state index in [4.69, 9.17) is 0 Å². The molecule has 0 bridgehead atoms. The Kier molecular flexibility index (Phi) is 5.56. The maximum atomic E-state index is 12.8. The highest BCUT2D eigenvalue weighted by molar-refractivity contribution is 5.42. The van der Waals surface area contributed by atoms with E-state index in [1.165, 1.54) is 17.7 Å². The van der Waals surface area contributed by atoms with Gasteiger partial charge in [-0.2, -0.15) is 0 Å². The van der Waals surface area contributed by atoms with Gasteiger partial charge in [-0.05, 0) is 36.2 Å². The summed E-state index contributed by atoms with van der Waals surface area (Å²) in [6.07, 6.45) is 1.06. The summed E-state index contributed by atoms with van der Waals surface area (Å²) in [6, 6.07) is 17.3. The molecule has 1 atom stereocenters. The van der Waals surface area contributed by atoms with E-state index in [0.717, 1.165) is 25.2 Å². The molecule has 20 heavy (non-hydrogen) atoms. The second-order valence-corrected chi connectivity index (χ2v) is 4.76. The Hall–Kier alpha value is -1.87. The molecule has 3 heteroatoms. The third kappa shape index (κ3) is 4.35. The van der Waals surface area contributed by atoms with Crippen molar-refractivity contribution in [2.75, 3.05) is 18.4 Å². The Labute approximate surface area is 120 Å². The summed E-state index contributed by atoms with van der Waals surface area (Å²) in [6.45, 7) is 3.86. The Morgan fingerprint density at radius 2 is 1.65 bits per heavy atom. The maximum Gasteiger partial charge on any atom is 0.123 e. The molecule has 2 nitrogen and oxygen atoms in total. The molecule has 0 aliphatic carbocycles. The van der Waals surface area contributed by atoms with Gasteiger partial charge in [0.25, 0.3) is 0 Å². The van der Waals surface area contributed by atoms with Crippen LogP contribution in [0.15, 0.2) is 54.6 Å². The van der Waals surface area contributed by atoms with Gasteiger partial charge < -0.3 is 10.6 Å². The van der Waals surface area contributed by atoms with Gasteiger partial charge in [0.05, 0.1) is 0 Å². The summed E-state index contributed by atoms with van der Waals surface area (Å²) < 4.78 is 12.8. The van der Waals surface area contributed by atoms with Crippen LogP contribution in [0.2, 0.25) is 0 Å². The van der Waals surface area contributed by atoms with E-state index >= 15 is 0 Å². The van der Waals surface area contributed by atoms with Crippen LogP contribution in [0, 0.1) is 5.82 Å². The van der Waals surface area contributed by atoms with Crippen molar-refractivity contribution in [3.8, 4) is 0 Å². The van der Waals surface area contributed by atoms with E-state index in [2.05, 4.69) is 41.8 Å². The lowest BCUT2D eigenvalue weighted by Crippen LogP contribution is -2.26. The van der Waals surface area contributed by atoms with Crippen molar-refractivity contribution in [1.29, 1.82) is 0 Å². The second kappa shape index (κ2) is 7.65. The smallest absolute Gasteiger partial charge is 0.123 e. The van der Waals surface area contributed by atoms with Gasteiger partial charge in [0.1, 0.15) is 5.82 Å². The molecule has 2 aromatic carbocycles. The van der Waals surface area contributed by atoms with E-state index in [1.807, 2.05) is 6.07 Å². The number of nitrogens with one attached hydrogen (secondary N) is 2. The predicted octanol–water partition coefficient (Wildman–Crippen LogP) is 3.98. The van der Waals surface area contributed by atoms with Crippen LogP contribution < -0.4 is 10.6 Å². The number of rotatable bonds is 7. The van der Waals surface area contributed by atoms with Gasteiger partial charge in [-0.3, -0.25) is 0 Å². The van der Waals surface area contributed by atoms with E-state index in [1.54, 1.807) is 12.1 Å². The first kappa shape index (κ1) is 14.5. The molecule has 1 unspecified atom stereocenters. The molecule has 0 saturated carbocycles. The first-order valence-corrected chi connectivity index (χ1v) is 7.07. The lowest BCUT2D eigenvalue weighted by molar-refractivity contribution is 0.531. The summed E-state index contributed by atoms with van der Waals surface area (Å²) in [5, 5.41) is 6.80. The fourth-order valence-corrected chi connectivity index (χ4v) is 2.20. The van der Waals surface area contributed by atoms with Gasteiger partial charge >= 0.3 is 0 Å². The molecule has 0 aromatic heterocycles. The lowest BCUT2D eigenvalue weighted by atomic mass is 10.0. The molecule has 0 aliphatic heterocycles. The van der Waals surface area contributed by atoms with E-state index < -0.39 is 0 Å². The number of hydrogen-bond acceptors (Lipinski definition) is 2. The van der Waals surface area contributed by atoms with Crippen LogP contribution >= 0.6 is 0 Å². The standard InChI is InChI=1S/C17H21FN2/c1-2-17(14-6-4-3-5-7-14)20-13-12-19-16-10-8-15(18)9-11-16/h3-11,17,19-20H,2,12-13H2,1H3. The zero-order valence-corrected chi connectivity index (χ0v) is 11.8. The fraction of sp³-hybridized carbons (Fsp3) is 0.294. The van der Waals surface area contributed by atoms with Gasteiger partial charge in [0.2, 0.25) is 0 Å². The molecule has 0 fully saturated rings. The molecule has 0 saturated heterocycles. The molecule has 0 heterocycles. The Morgan fingerprint density at radius 1 is 0.950 bits per heavy atom. The van der Waals surface area contributed by atoms with Crippen molar-refractivity contribution >= 4 is 5.69 Å². The van der Waals surface area contributed by atoms with Gasteiger partial charge in [-0.25, -0.2) is 4.39 Å². The summed E-state index contributed by atoms with van der Waals surface area (Å²) >= 11 is 0. The summed E-state index contributed by atoms with van der Waals surface area (Å²) in [7, 11) is 0. The van der Waals surface area contributed by atoms with Gasteiger partial charge in [-0.15, -0.1) is 0 Å². The third-order valence-corrected chi connectivity index (χ3v) is 3.30. The van der Waals surface area contributed by atoms with Crippen LogP contribution in [0.25, 0.3) is 0 Å². The zero-order chi connectivity index (χ0) is 14.2. The van der Waals surface area contributed by atoms with Crippen LogP contribution in [0.1, 0.15) is 24.9 Å². The Balaban J connectivity index is 1.76. The average molecular weight is 272 g/mol. The van der Waals surface area contributed by atoms with Crippen LogP contribution in [-0.4, -0.2) is 13.1 Å². The highest BCUT2D eigenvalue weighted by atomic mass is 19.1. The summed E-state index contributed by atoms with van der Waals surface area (Å²) in [5.41, 5.74) is 2.26. The van der Waals surface area contributed by atoms with Crippen LogP contribution in [0.5, 0.6) is 0 Å². The van der Waals surface area contributed by atoms with E-state index in [9.17, 15) is 4.39 Å². The molecule has 0 aliphatic rings. The molecule has 0 amide bonds. The fourth-order valence-electron chi connectivity index (χ4n) is 2.20. The highest BCUT2D eigenvalue weighted by Gasteiger charge is 2.06. The van der Waals surface area contributed by atoms with Crippen LogP contribution in [-0.2, 0) is 0 Å². The SMILES string of the molecule is CCC(NCCNc1ccc(F)cc1)c1ccccc1. The average Bonchev–Trinajstić information content (AvgIpc) is 2.50. The zero-order valence-electron chi connectivity index (χ0n) is 11.8. The van der Waals surface area contributed by atoms with Crippen molar-refractivity contribution in [2.45, 2.75) is 19.4 Å². The van der Waals surface area contributed by atoms with Crippen molar-refractivity contribution in [2.24, 2.45) is 0 Å². The lowest BCUT2D eigenvalue weighted by Gasteiger charge is -2.17. The van der Waals surface area contributed by atoms with Crippen molar-refractivity contribution in [1.82, 2.24) is 5.32 Å². The van der Waals surface area contributed by atoms with Gasteiger partial charge in [0.15, 0.2) is 0 Å². The maximum absolute atomic E-state index is 12.8. The number of anilines is 1. The largest absolute Gasteiger partial charge is 0.384 e.